The summed E-state index contributed by atoms with van der Waals surface area (Å²) in [5, 5.41) is 49.5. The van der Waals surface area contributed by atoms with E-state index in [4.69, 9.17) is 13.9 Å². The summed E-state index contributed by atoms with van der Waals surface area (Å²) >= 11 is 0. The molecule has 0 amide bonds. The van der Waals surface area contributed by atoms with E-state index in [-0.39, 0.29) is 62.5 Å². The molecule has 1 aromatic heterocycles. The summed E-state index contributed by atoms with van der Waals surface area (Å²) < 4.78 is 16.9. The Morgan fingerprint density at radius 3 is 2.22 bits per heavy atom. The average Bonchev–Trinajstić information content (AvgIpc) is 2.92. The summed E-state index contributed by atoms with van der Waals surface area (Å²) in [6, 6.07) is 17.9. The molecule has 0 radical (unpaired) electrons. The topological polar surface area (TPSA) is 167 Å². The van der Waals surface area contributed by atoms with Gasteiger partial charge in [-0.25, -0.2) is 0 Å². The fraction of sp³-hybridized carbons (Fsp3) is 0.0323. The Kier molecular flexibility index (Phi) is 6.96. The van der Waals surface area contributed by atoms with Gasteiger partial charge >= 0.3 is 0 Å². The van der Waals surface area contributed by atoms with Crippen LogP contribution in [0.25, 0.3) is 28.1 Å². The van der Waals surface area contributed by atoms with Crippen LogP contribution in [0.4, 0.5) is 0 Å². The number of benzene rings is 4. The number of allylic oxidation sites excluding steroid dienone is 1. The van der Waals surface area contributed by atoms with E-state index in [1.807, 2.05) is 0 Å². The monoisotopic (exact) mass is 554 g/mol. The lowest BCUT2D eigenvalue weighted by molar-refractivity contribution is 0.104. The number of hydrogen-bond acceptors (Lipinski definition) is 10. The summed E-state index contributed by atoms with van der Waals surface area (Å²) in [6.45, 7) is 0. The zero-order chi connectivity index (χ0) is 29.3. The molecule has 206 valence electrons. The van der Waals surface area contributed by atoms with Gasteiger partial charge in [0.2, 0.25) is 0 Å². The molecule has 0 aliphatic rings. The van der Waals surface area contributed by atoms with Crippen LogP contribution in [0, 0.1) is 0 Å². The molecule has 0 saturated carbocycles. The van der Waals surface area contributed by atoms with Gasteiger partial charge in [0.25, 0.3) is 0 Å². The highest BCUT2D eigenvalue weighted by Crippen LogP contribution is 2.36. The van der Waals surface area contributed by atoms with Crippen molar-refractivity contribution in [2.75, 3.05) is 7.11 Å². The van der Waals surface area contributed by atoms with E-state index in [9.17, 15) is 35.1 Å². The third-order valence-electron chi connectivity index (χ3n) is 6.13. The second kappa shape index (κ2) is 10.7. The highest BCUT2D eigenvalue weighted by atomic mass is 16.5. The van der Waals surface area contributed by atoms with Crippen LogP contribution in [0.15, 0.2) is 94.2 Å². The molecule has 0 atom stereocenters. The van der Waals surface area contributed by atoms with Crippen molar-refractivity contribution in [2.45, 2.75) is 0 Å². The molecular formula is C31H22O10. The summed E-state index contributed by atoms with van der Waals surface area (Å²) in [6.07, 6.45) is 1.16. The fourth-order valence-electron chi connectivity index (χ4n) is 4.14. The second-order valence-electron chi connectivity index (χ2n) is 8.90. The molecule has 5 aromatic rings. The number of hydrogen-bond donors (Lipinski definition) is 5. The van der Waals surface area contributed by atoms with Gasteiger partial charge in [0.15, 0.2) is 22.7 Å². The molecule has 0 unspecified atom stereocenters. The van der Waals surface area contributed by atoms with Crippen LogP contribution in [-0.4, -0.2) is 38.4 Å². The minimum Gasteiger partial charge on any atom is -0.508 e. The highest BCUT2D eigenvalue weighted by molar-refractivity contribution is 6.09. The molecule has 41 heavy (non-hydrogen) atoms. The van der Waals surface area contributed by atoms with Gasteiger partial charge in [0.1, 0.15) is 51.2 Å². The van der Waals surface area contributed by atoms with Gasteiger partial charge in [-0.15, -0.1) is 0 Å². The molecule has 0 saturated heterocycles. The predicted molar refractivity (Wildman–Crippen MR) is 149 cm³/mol. The number of fused-ring (bicyclic) bond motifs is 1. The first-order valence-electron chi connectivity index (χ1n) is 12.1. The number of phenolic OH excluding ortho intramolecular Hbond substituents is 5. The predicted octanol–water partition coefficient (Wildman–Crippen LogP) is 5.65. The van der Waals surface area contributed by atoms with Crippen molar-refractivity contribution < 1.29 is 44.2 Å². The van der Waals surface area contributed by atoms with Crippen molar-refractivity contribution >= 4 is 22.5 Å². The molecule has 5 rings (SSSR count). The molecular weight excluding hydrogens is 532 g/mol. The Morgan fingerprint density at radius 2 is 1.51 bits per heavy atom. The average molecular weight is 555 g/mol. The molecule has 5 N–H and O–H groups in total. The summed E-state index contributed by atoms with van der Waals surface area (Å²) in [5.74, 6) is -1.27. The van der Waals surface area contributed by atoms with E-state index in [0.29, 0.717) is 16.9 Å². The number of rotatable bonds is 7. The Morgan fingerprint density at radius 1 is 0.780 bits per heavy atom. The summed E-state index contributed by atoms with van der Waals surface area (Å²) in [5.41, 5.74) is 0.407. The van der Waals surface area contributed by atoms with Gasteiger partial charge in [0.05, 0.1) is 12.7 Å². The number of carbonyl (C=O) groups excluding carboxylic acids is 1. The third-order valence-corrected chi connectivity index (χ3v) is 6.13. The lowest BCUT2D eigenvalue weighted by atomic mass is 10.1. The molecule has 10 heteroatoms. The third kappa shape index (κ3) is 5.48. The molecule has 0 fully saturated rings. The summed E-state index contributed by atoms with van der Waals surface area (Å²) in [4.78, 5) is 25.2. The minimum absolute atomic E-state index is 0.0215. The molecule has 0 aliphatic heterocycles. The number of ketones is 1. The molecule has 1 heterocycles. The van der Waals surface area contributed by atoms with Gasteiger partial charge in [0, 0.05) is 41.5 Å². The van der Waals surface area contributed by atoms with Crippen molar-refractivity contribution in [1.82, 2.24) is 0 Å². The lowest BCUT2D eigenvalue weighted by Gasteiger charge is -2.12. The van der Waals surface area contributed by atoms with Crippen LogP contribution in [0.5, 0.6) is 40.2 Å². The molecule has 0 bridgehead atoms. The van der Waals surface area contributed by atoms with E-state index in [2.05, 4.69) is 0 Å². The first-order valence-corrected chi connectivity index (χ1v) is 12.1. The maximum Gasteiger partial charge on any atom is 0.197 e. The zero-order valence-corrected chi connectivity index (χ0v) is 21.4. The molecule has 0 spiro atoms. The van der Waals surface area contributed by atoms with Crippen LogP contribution in [0.3, 0.4) is 0 Å². The van der Waals surface area contributed by atoms with Crippen LogP contribution >= 0.6 is 0 Å². The maximum atomic E-state index is 12.7. The van der Waals surface area contributed by atoms with Crippen LogP contribution in [0.2, 0.25) is 0 Å². The van der Waals surface area contributed by atoms with Gasteiger partial charge in [-0.1, -0.05) is 0 Å². The van der Waals surface area contributed by atoms with E-state index >= 15 is 0 Å². The summed E-state index contributed by atoms with van der Waals surface area (Å²) in [7, 11) is 1.36. The van der Waals surface area contributed by atoms with E-state index < -0.39 is 11.2 Å². The van der Waals surface area contributed by atoms with Crippen LogP contribution in [-0.2, 0) is 4.74 Å². The maximum absolute atomic E-state index is 12.7. The van der Waals surface area contributed by atoms with Gasteiger partial charge in [-0.3, -0.25) is 9.59 Å². The quantitative estimate of drug-likeness (QED) is 0.0963. The highest BCUT2D eigenvalue weighted by Gasteiger charge is 2.16. The Hall–Kier alpha value is -5.90. The van der Waals surface area contributed by atoms with Gasteiger partial charge in [-0.2, -0.15) is 0 Å². The second-order valence-corrected chi connectivity index (χ2v) is 8.90. The Bertz CT molecular complexity index is 1880. The fourth-order valence-corrected chi connectivity index (χ4v) is 4.14. The molecule has 10 nitrogen and oxygen atoms in total. The standard InChI is InChI=1S/C31H22O10/c1-39-27(14-24(36)21-8-5-18(32)11-23(21)35)17-4-9-22(34)29(10-17)40-20-6-2-16(3-7-20)28-15-26(38)31-25(37)12-19(33)13-30(31)41-28/h2-15,32-35,37H,1H3/b27-14-. The first kappa shape index (κ1) is 26.7. The normalized spacial score (nSPS) is 11.4. The van der Waals surface area contributed by atoms with Crippen molar-refractivity contribution in [2.24, 2.45) is 0 Å². The van der Waals surface area contributed by atoms with Crippen molar-refractivity contribution in [3.8, 4) is 51.6 Å². The smallest absolute Gasteiger partial charge is 0.197 e. The minimum atomic E-state index is -0.573. The molecule has 0 aliphatic carbocycles. The van der Waals surface area contributed by atoms with Crippen LogP contribution < -0.4 is 10.2 Å². The SMILES string of the molecule is CO/C(=C\C(=O)c1ccc(O)cc1O)c1ccc(O)c(Oc2ccc(-c3cc(=O)c4c(O)cc(O)cc4o3)cc2)c1. The van der Waals surface area contributed by atoms with E-state index in [1.54, 1.807) is 24.3 Å². The van der Waals surface area contributed by atoms with Crippen molar-refractivity contribution in [3.63, 3.8) is 0 Å². The van der Waals surface area contributed by atoms with Crippen molar-refractivity contribution in [3.05, 3.63) is 106 Å². The number of methoxy groups -OCH3 is 1. The number of aromatic hydroxyl groups is 5. The van der Waals surface area contributed by atoms with Gasteiger partial charge < -0.3 is 39.4 Å². The zero-order valence-electron chi connectivity index (χ0n) is 21.4. The van der Waals surface area contributed by atoms with E-state index in [0.717, 1.165) is 18.2 Å². The first-order chi connectivity index (χ1) is 19.6. The Balaban J connectivity index is 1.40. The number of phenols is 5. The Labute approximate surface area is 231 Å². The number of ether oxygens (including phenoxy) is 2. The largest absolute Gasteiger partial charge is 0.508 e. The van der Waals surface area contributed by atoms with Crippen LogP contribution in [0.1, 0.15) is 15.9 Å². The lowest BCUT2D eigenvalue weighted by Crippen LogP contribution is -2.00. The van der Waals surface area contributed by atoms with E-state index in [1.165, 1.54) is 49.6 Å². The number of carbonyl (C=O) groups is 1. The van der Waals surface area contributed by atoms with Crippen molar-refractivity contribution in [1.29, 1.82) is 0 Å². The van der Waals surface area contributed by atoms with Gasteiger partial charge in [-0.05, 0) is 54.6 Å². The molecule has 4 aromatic carbocycles.